The lowest BCUT2D eigenvalue weighted by Crippen LogP contribution is -2.41. The predicted octanol–water partition coefficient (Wildman–Crippen LogP) is 5.97. The Morgan fingerprint density at radius 3 is 1.83 bits per heavy atom. The minimum absolute atomic E-state index is 0.0824. The quantitative estimate of drug-likeness (QED) is 0.136. The molecule has 0 saturated heterocycles. The Hall–Kier alpha value is -1.85. The minimum atomic E-state index is -5.79. The maximum absolute atomic E-state index is 12.6. The minimum Gasteiger partial charge on any atom is -0.459 e. The zero-order valence-corrected chi connectivity index (χ0v) is 17.4. The van der Waals surface area contributed by atoms with E-state index in [1.807, 2.05) is 0 Å². The average Bonchev–Trinajstić information content (AvgIpc) is 2.66. The Labute approximate surface area is 174 Å². The molecule has 0 aliphatic heterocycles. The molecule has 0 N–H and O–H groups in total. The van der Waals surface area contributed by atoms with E-state index in [1.54, 1.807) is 0 Å². The van der Waals surface area contributed by atoms with Crippen molar-refractivity contribution in [3.63, 3.8) is 0 Å². The fourth-order valence-electron chi connectivity index (χ4n) is 2.38. The number of rotatable bonds is 15. The molecule has 30 heavy (non-hydrogen) atoms. The molecule has 0 radical (unpaired) electrons. The van der Waals surface area contributed by atoms with Gasteiger partial charge in [0, 0.05) is 19.3 Å². The summed E-state index contributed by atoms with van der Waals surface area (Å²) in [7, 11) is 0. The number of hydrogen-bond donors (Lipinski definition) is 0. The van der Waals surface area contributed by atoms with Gasteiger partial charge in [-0.25, -0.2) is 0 Å². The molecule has 0 unspecified atom stereocenters. The van der Waals surface area contributed by atoms with Gasteiger partial charge in [0.15, 0.2) is 13.2 Å². The molecule has 0 atom stereocenters. The maximum Gasteiger partial charge on any atom is 0.456 e. The second-order valence-electron chi connectivity index (χ2n) is 6.96. The molecule has 4 nitrogen and oxygen atoms in total. The van der Waals surface area contributed by atoms with Gasteiger partial charge in [-0.2, -0.15) is 22.0 Å². The van der Waals surface area contributed by atoms with Crippen molar-refractivity contribution in [3.8, 4) is 11.8 Å². The van der Waals surface area contributed by atoms with Crippen LogP contribution in [0.2, 0.25) is 0 Å². The highest BCUT2D eigenvalue weighted by Crippen LogP contribution is 2.35. The number of ether oxygens (including phenoxy) is 2. The van der Waals surface area contributed by atoms with Crippen molar-refractivity contribution in [1.82, 2.24) is 0 Å². The van der Waals surface area contributed by atoms with Gasteiger partial charge < -0.3 is 9.47 Å². The van der Waals surface area contributed by atoms with Gasteiger partial charge in [-0.05, 0) is 12.8 Å². The van der Waals surface area contributed by atoms with Gasteiger partial charge in [-0.3, -0.25) is 9.59 Å². The average molecular weight is 442 g/mol. The van der Waals surface area contributed by atoms with Gasteiger partial charge in [0.1, 0.15) is 0 Å². The van der Waals surface area contributed by atoms with E-state index in [2.05, 4.69) is 23.5 Å². The lowest BCUT2D eigenvalue weighted by Gasteiger charge is -2.18. The fourth-order valence-corrected chi connectivity index (χ4v) is 2.38. The third-order valence-electron chi connectivity index (χ3n) is 4.18. The van der Waals surface area contributed by atoms with E-state index in [0.29, 0.717) is 0 Å². The van der Waals surface area contributed by atoms with Gasteiger partial charge in [0.2, 0.25) is 0 Å². The van der Waals surface area contributed by atoms with Crippen LogP contribution in [0.15, 0.2) is 0 Å². The summed E-state index contributed by atoms with van der Waals surface area (Å²) in [4.78, 5) is 22.6. The Morgan fingerprint density at radius 1 is 0.733 bits per heavy atom. The van der Waals surface area contributed by atoms with Crippen LogP contribution in [0.1, 0.15) is 84.0 Å². The Balaban J connectivity index is 3.67. The van der Waals surface area contributed by atoms with Crippen LogP contribution in [0.3, 0.4) is 0 Å². The molecule has 0 fully saturated rings. The number of hydrogen-bond acceptors (Lipinski definition) is 4. The third-order valence-corrected chi connectivity index (χ3v) is 4.18. The Bertz CT molecular complexity index is 550. The van der Waals surface area contributed by atoms with Crippen molar-refractivity contribution in [2.75, 3.05) is 13.2 Å². The van der Waals surface area contributed by atoms with Gasteiger partial charge in [0.05, 0.1) is 0 Å². The number of carbonyl (C=O) groups excluding carboxylic acids is 2. The second-order valence-corrected chi connectivity index (χ2v) is 6.96. The molecular weight excluding hydrogens is 411 g/mol. The van der Waals surface area contributed by atoms with E-state index in [9.17, 15) is 31.5 Å². The SMILES string of the molecule is CCCCCCCCCCC#CCOC(=O)CCCC(=O)OCC(F)(F)C(F)(F)F. The first-order valence-electron chi connectivity index (χ1n) is 10.3. The Kier molecular flexibility index (Phi) is 14.9. The number of halogens is 5. The van der Waals surface area contributed by atoms with Gasteiger partial charge >= 0.3 is 24.0 Å². The summed E-state index contributed by atoms with van der Waals surface area (Å²) in [5, 5.41) is 0. The third kappa shape index (κ3) is 15.1. The van der Waals surface area contributed by atoms with Crippen molar-refractivity contribution in [2.45, 2.75) is 96.1 Å². The zero-order valence-electron chi connectivity index (χ0n) is 17.4. The van der Waals surface area contributed by atoms with Gasteiger partial charge in [-0.1, -0.05) is 63.7 Å². The molecule has 0 bridgehead atoms. The van der Waals surface area contributed by atoms with Crippen molar-refractivity contribution >= 4 is 11.9 Å². The summed E-state index contributed by atoms with van der Waals surface area (Å²) >= 11 is 0. The lowest BCUT2D eigenvalue weighted by molar-refractivity contribution is -0.294. The first-order valence-corrected chi connectivity index (χ1v) is 10.3. The van der Waals surface area contributed by atoms with Gasteiger partial charge in [-0.15, -0.1) is 0 Å². The van der Waals surface area contributed by atoms with Crippen LogP contribution in [0, 0.1) is 11.8 Å². The van der Waals surface area contributed by atoms with Crippen LogP contribution in [-0.4, -0.2) is 37.3 Å². The molecule has 0 aromatic rings. The van der Waals surface area contributed by atoms with Crippen molar-refractivity contribution in [2.24, 2.45) is 0 Å². The summed E-state index contributed by atoms with van der Waals surface area (Å²) in [6.45, 7) is 0.0242. The predicted molar refractivity (Wildman–Crippen MR) is 102 cm³/mol. The zero-order chi connectivity index (χ0) is 22.9. The van der Waals surface area contributed by atoms with Crippen LogP contribution in [-0.2, 0) is 19.1 Å². The first kappa shape index (κ1) is 28.1. The topological polar surface area (TPSA) is 52.6 Å². The van der Waals surface area contributed by atoms with E-state index in [0.717, 1.165) is 19.3 Å². The van der Waals surface area contributed by atoms with Crippen LogP contribution in [0.25, 0.3) is 0 Å². The van der Waals surface area contributed by atoms with Crippen LogP contribution < -0.4 is 0 Å². The van der Waals surface area contributed by atoms with Crippen LogP contribution in [0.4, 0.5) is 22.0 Å². The first-order chi connectivity index (χ1) is 14.1. The highest BCUT2D eigenvalue weighted by molar-refractivity contribution is 5.72. The van der Waals surface area contributed by atoms with Crippen LogP contribution in [0.5, 0.6) is 0 Å². The summed E-state index contributed by atoms with van der Waals surface area (Å²) in [5.41, 5.74) is 0. The molecule has 0 aliphatic rings. The molecule has 9 heteroatoms. The van der Waals surface area contributed by atoms with E-state index in [4.69, 9.17) is 4.74 Å². The second kappa shape index (κ2) is 15.9. The number of esters is 2. The highest BCUT2D eigenvalue weighted by atomic mass is 19.4. The molecule has 174 valence electrons. The van der Waals surface area contributed by atoms with E-state index in [-0.39, 0.29) is 19.4 Å². The molecule has 0 rings (SSSR count). The summed E-state index contributed by atoms with van der Waals surface area (Å²) in [6.07, 6.45) is 3.82. The number of carbonyl (C=O) groups is 2. The normalized spacial score (nSPS) is 11.5. The summed E-state index contributed by atoms with van der Waals surface area (Å²) in [6, 6.07) is 0. The van der Waals surface area contributed by atoms with Crippen molar-refractivity contribution < 1.29 is 41.0 Å². The lowest BCUT2D eigenvalue weighted by atomic mass is 10.1. The maximum atomic E-state index is 12.6. The molecule has 0 aromatic heterocycles. The molecule has 0 heterocycles. The fraction of sp³-hybridized carbons (Fsp3) is 0.810. The molecule has 0 saturated carbocycles. The summed E-state index contributed by atoms with van der Waals surface area (Å²) in [5.74, 6) is -1.36. The molecule has 0 spiro atoms. The standard InChI is InChI=1S/C21H31F5O4/c1-2-3-4-5-6-7-8-9-10-11-12-16-29-18(27)14-13-15-19(28)30-17-20(22,23)21(24,25)26/h2-10,13-17H2,1H3. The van der Waals surface area contributed by atoms with E-state index < -0.39 is 37.1 Å². The van der Waals surface area contributed by atoms with Gasteiger partial charge in [0.25, 0.3) is 0 Å². The molecule has 0 aliphatic carbocycles. The molecule has 0 aromatic carbocycles. The molecule has 0 amide bonds. The largest absolute Gasteiger partial charge is 0.459 e. The smallest absolute Gasteiger partial charge is 0.456 e. The van der Waals surface area contributed by atoms with Crippen LogP contribution >= 0.6 is 0 Å². The molecular formula is C21H31F5O4. The number of unbranched alkanes of at least 4 members (excludes halogenated alkanes) is 8. The summed E-state index contributed by atoms with van der Waals surface area (Å²) < 4.78 is 69.7. The van der Waals surface area contributed by atoms with E-state index in [1.165, 1.54) is 38.5 Å². The Morgan fingerprint density at radius 2 is 1.27 bits per heavy atom. The highest BCUT2D eigenvalue weighted by Gasteiger charge is 2.58. The monoisotopic (exact) mass is 442 g/mol. The van der Waals surface area contributed by atoms with Crippen molar-refractivity contribution in [3.05, 3.63) is 0 Å². The van der Waals surface area contributed by atoms with E-state index >= 15 is 0 Å². The van der Waals surface area contributed by atoms with Crippen molar-refractivity contribution in [1.29, 1.82) is 0 Å². The number of alkyl halides is 5.